The first-order valence-electron chi connectivity index (χ1n) is 20.7. The van der Waals surface area contributed by atoms with Crippen LogP contribution in [0.15, 0.2) is 0 Å². The third-order valence-corrected chi connectivity index (χ3v) is 10.3. The molecule has 0 spiro atoms. The predicted octanol–water partition coefficient (Wildman–Crippen LogP) is 13.5. The molecule has 0 amide bonds. The second-order valence-corrected chi connectivity index (χ2v) is 15.8. The largest absolute Gasteiger partial charge is 0.465 e. The van der Waals surface area contributed by atoms with Crippen LogP contribution >= 0.6 is 0 Å². The van der Waals surface area contributed by atoms with Crippen LogP contribution in [0.5, 0.6) is 0 Å². The first kappa shape index (κ1) is 43.0. The van der Waals surface area contributed by atoms with Gasteiger partial charge in [-0.25, -0.2) is 0 Å². The zero-order valence-electron chi connectivity index (χ0n) is 31.6. The number of esters is 2. The summed E-state index contributed by atoms with van der Waals surface area (Å²) in [5.41, 5.74) is -1.01. The fraction of sp³-hybridized carbons (Fsp3) is 0.952. The van der Waals surface area contributed by atoms with Crippen molar-refractivity contribution >= 4 is 11.9 Å². The predicted molar refractivity (Wildman–Crippen MR) is 197 cm³/mol. The summed E-state index contributed by atoms with van der Waals surface area (Å²) in [6, 6.07) is 0. The second kappa shape index (κ2) is 30.0. The van der Waals surface area contributed by atoms with Gasteiger partial charge in [-0.2, -0.15) is 0 Å². The summed E-state index contributed by atoms with van der Waals surface area (Å²) in [6.45, 7) is 10.2. The van der Waals surface area contributed by atoms with Crippen molar-refractivity contribution in [3.05, 3.63) is 0 Å². The van der Waals surface area contributed by atoms with E-state index in [9.17, 15) is 9.59 Å². The maximum Gasteiger partial charge on any atom is 0.323 e. The molecule has 0 bridgehead atoms. The molecular weight excluding hydrogens is 568 g/mol. The molecule has 4 heteroatoms. The van der Waals surface area contributed by atoms with Crippen LogP contribution in [0.4, 0.5) is 0 Å². The average molecular weight is 649 g/mol. The van der Waals surface area contributed by atoms with E-state index in [2.05, 4.69) is 27.7 Å². The SMILES string of the molecule is CC(C)CCCCCCCCCCCCCCCOC(=O)C1(C(=O)OCCCCCCCCCCCCCCCC(C)C)CCC1. The summed E-state index contributed by atoms with van der Waals surface area (Å²) in [7, 11) is 0. The molecule has 0 unspecified atom stereocenters. The fourth-order valence-corrected chi connectivity index (χ4v) is 6.83. The first-order chi connectivity index (χ1) is 22.4. The van der Waals surface area contributed by atoms with Crippen molar-refractivity contribution in [1.29, 1.82) is 0 Å². The van der Waals surface area contributed by atoms with Gasteiger partial charge in [0.05, 0.1) is 13.2 Å². The highest BCUT2D eigenvalue weighted by atomic mass is 16.6. The fourth-order valence-electron chi connectivity index (χ4n) is 6.83. The molecule has 0 atom stereocenters. The van der Waals surface area contributed by atoms with E-state index in [-0.39, 0.29) is 11.9 Å². The molecule has 0 aromatic rings. The highest BCUT2D eigenvalue weighted by molar-refractivity contribution is 6.01. The minimum absolute atomic E-state index is 0.338. The summed E-state index contributed by atoms with van der Waals surface area (Å²) in [6.07, 6.45) is 38.8. The second-order valence-electron chi connectivity index (χ2n) is 15.8. The molecule has 1 aliphatic rings. The van der Waals surface area contributed by atoms with Crippen molar-refractivity contribution in [2.45, 2.75) is 227 Å². The molecule has 1 saturated carbocycles. The Hall–Kier alpha value is -1.06. The maximum absolute atomic E-state index is 12.8. The lowest BCUT2D eigenvalue weighted by Gasteiger charge is -2.36. The van der Waals surface area contributed by atoms with Crippen LogP contribution in [0.2, 0.25) is 0 Å². The maximum atomic E-state index is 12.8. The highest BCUT2D eigenvalue weighted by Gasteiger charge is 2.53. The van der Waals surface area contributed by atoms with E-state index in [0.717, 1.165) is 43.9 Å². The Balaban J connectivity index is 1.91. The van der Waals surface area contributed by atoms with Gasteiger partial charge in [0.1, 0.15) is 0 Å². The van der Waals surface area contributed by atoms with Gasteiger partial charge in [0.15, 0.2) is 5.41 Å². The van der Waals surface area contributed by atoms with Crippen molar-refractivity contribution in [2.75, 3.05) is 13.2 Å². The van der Waals surface area contributed by atoms with Gasteiger partial charge in [0.25, 0.3) is 0 Å². The van der Waals surface area contributed by atoms with Gasteiger partial charge in [-0.15, -0.1) is 0 Å². The molecule has 272 valence electrons. The lowest BCUT2D eigenvalue weighted by molar-refractivity contribution is -0.179. The Kier molecular flexibility index (Phi) is 28.0. The average Bonchev–Trinajstić information content (AvgIpc) is 2.99. The van der Waals surface area contributed by atoms with Crippen molar-refractivity contribution in [3.8, 4) is 0 Å². The van der Waals surface area contributed by atoms with Gasteiger partial charge in [-0.3, -0.25) is 9.59 Å². The molecule has 46 heavy (non-hydrogen) atoms. The lowest BCUT2D eigenvalue weighted by atomic mass is 9.69. The van der Waals surface area contributed by atoms with Gasteiger partial charge in [0.2, 0.25) is 0 Å². The number of hydrogen-bond acceptors (Lipinski definition) is 4. The topological polar surface area (TPSA) is 52.6 Å². The van der Waals surface area contributed by atoms with E-state index in [0.29, 0.717) is 26.1 Å². The molecular formula is C42H80O4. The molecule has 0 aromatic carbocycles. The first-order valence-corrected chi connectivity index (χ1v) is 20.7. The van der Waals surface area contributed by atoms with Crippen LogP contribution in [0, 0.1) is 17.3 Å². The van der Waals surface area contributed by atoms with Crippen molar-refractivity contribution in [1.82, 2.24) is 0 Å². The third-order valence-electron chi connectivity index (χ3n) is 10.3. The van der Waals surface area contributed by atoms with Gasteiger partial charge >= 0.3 is 11.9 Å². The Labute approximate surface area is 287 Å². The van der Waals surface area contributed by atoms with Gasteiger partial charge < -0.3 is 9.47 Å². The highest BCUT2D eigenvalue weighted by Crippen LogP contribution is 2.43. The van der Waals surface area contributed by atoms with Gasteiger partial charge in [0, 0.05) is 0 Å². The Bertz CT molecular complexity index is 642. The number of rotatable bonds is 34. The Morgan fingerprint density at radius 2 is 0.652 bits per heavy atom. The molecule has 0 heterocycles. The number of ether oxygens (including phenoxy) is 2. The Morgan fingerprint density at radius 3 is 0.870 bits per heavy atom. The van der Waals surface area contributed by atoms with E-state index in [4.69, 9.17) is 9.47 Å². The smallest absolute Gasteiger partial charge is 0.323 e. The summed E-state index contributed by atoms with van der Waals surface area (Å²) >= 11 is 0. The van der Waals surface area contributed by atoms with Crippen molar-refractivity contribution in [2.24, 2.45) is 17.3 Å². The van der Waals surface area contributed by atoms with Crippen molar-refractivity contribution in [3.63, 3.8) is 0 Å². The number of hydrogen-bond donors (Lipinski definition) is 0. The summed E-state index contributed by atoms with van der Waals surface area (Å²) in [5.74, 6) is 1.03. The van der Waals surface area contributed by atoms with E-state index in [1.165, 1.54) is 154 Å². The number of unbranched alkanes of at least 4 members (excludes halogenated alkanes) is 24. The monoisotopic (exact) mass is 649 g/mol. The summed E-state index contributed by atoms with van der Waals surface area (Å²) < 4.78 is 11.2. The van der Waals surface area contributed by atoms with Crippen LogP contribution in [0.3, 0.4) is 0 Å². The van der Waals surface area contributed by atoms with E-state index < -0.39 is 5.41 Å². The molecule has 1 aliphatic carbocycles. The van der Waals surface area contributed by atoms with Gasteiger partial charge in [-0.05, 0) is 43.9 Å². The third kappa shape index (κ3) is 23.3. The van der Waals surface area contributed by atoms with Crippen molar-refractivity contribution < 1.29 is 19.1 Å². The molecule has 0 N–H and O–H groups in total. The molecule has 0 aromatic heterocycles. The standard InChI is InChI=1S/C42H80O4/c1-38(2)32-27-23-19-15-11-7-5-9-13-17-21-25-29-36-45-40(43)42(34-31-35-42)41(44)46-37-30-26-22-18-14-10-6-8-12-16-20-24-28-33-39(3)4/h38-39H,5-37H2,1-4H3. The molecule has 1 rings (SSSR count). The van der Waals surface area contributed by atoms with Crippen LogP contribution in [0.25, 0.3) is 0 Å². The molecule has 0 saturated heterocycles. The molecule has 4 nitrogen and oxygen atoms in total. The summed E-state index contributed by atoms with van der Waals surface area (Å²) in [5, 5.41) is 0. The zero-order chi connectivity index (χ0) is 33.6. The Morgan fingerprint density at radius 1 is 0.413 bits per heavy atom. The van der Waals surface area contributed by atoms with Crippen LogP contribution in [0.1, 0.15) is 227 Å². The van der Waals surface area contributed by atoms with E-state index in [1.54, 1.807) is 0 Å². The number of carbonyl (C=O) groups excluding carboxylic acids is 2. The van der Waals surface area contributed by atoms with Crippen LogP contribution in [-0.4, -0.2) is 25.2 Å². The molecule has 0 radical (unpaired) electrons. The lowest BCUT2D eigenvalue weighted by Crippen LogP contribution is -2.47. The quantitative estimate of drug-likeness (QED) is 0.0396. The van der Waals surface area contributed by atoms with Crippen LogP contribution < -0.4 is 0 Å². The van der Waals surface area contributed by atoms with E-state index >= 15 is 0 Å². The van der Waals surface area contributed by atoms with Gasteiger partial charge in [-0.1, -0.05) is 195 Å². The minimum Gasteiger partial charge on any atom is -0.465 e. The summed E-state index contributed by atoms with van der Waals surface area (Å²) in [4.78, 5) is 25.6. The zero-order valence-corrected chi connectivity index (χ0v) is 31.6. The number of carbonyl (C=O) groups is 2. The molecule has 0 aliphatic heterocycles. The molecule has 1 fully saturated rings. The van der Waals surface area contributed by atoms with E-state index in [1.807, 2.05) is 0 Å². The normalized spacial score (nSPS) is 14.1. The minimum atomic E-state index is -1.01. The van der Waals surface area contributed by atoms with Crippen LogP contribution in [-0.2, 0) is 19.1 Å².